The number of carbonyl (C=O) groups is 1. The molecule has 2 N–H and O–H groups in total. The first-order valence-electron chi connectivity index (χ1n) is 10.0. The molecule has 0 saturated heterocycles. The summed E-state index contributed by atoms with van der Waals surface area (Å²) in [5.74, 6) is 0.621. The lowest BCUT2D eigenvalue weighted by atomic mass is 9.89. The lowest BCUT2D eigenvalue weighted by Crippen LogP contribution is -2.35. The Balaban J connectivity index is 2.59. The van der Waals surface area contributed by atoms with E-state index in [1.165, 1.54) is 0 Å². The van der Waals surface area contributed by atoms with Crippen LogP contribution in [0.5, 0.6) is 5.75 Å². The molecule has 0 saturated carbocycles. The van der Waals surface area contributed by atoms with Crippen LogP contribution in [0.4, 0.5) is 0 Å². The second kappa shape index (κ2) is 13.0. The van der Waals surface area contributed by atoms with Crippen LogP contribution in [-0.2, 0) is 11.2 Å². The third-order valence-corrected chi connectivity index (χ3v) is 4.90. The van der Waals surface area contributed by atoms with Gasteiger partial charge in [-0.15, -0.1) is 0 Å². The number of amides is 1. The number of ether oxygens (including phenoxy) is 1. The molecule has 0 aliphatic carbocycles. The lowest BCUT2D eigenvalue weighted by molar-refractivity contribution is -0.125. The van der Waals surface area contributed by atoms with E-state index >= 15 is 0 Å². The number of unbranched alkanes of at least 4 members (excludes halogenated alkanes) is 1. The van der Waals surface area contributed by atoms with Gasteiger partial charge in [0.05, 0.1) is 19.3 Å². The highest BCUT2D eigenvalue weighted by Crippen LogP contribution is 2.22. The summed E-state index contributed by atoms with van der Waals surface area (Å²) in [5, 5.41) is 17.2. The summed E-state index contributed by atoms with van der Waals surface area (Å²) in [6, 6.07) is 7.30. The molecule has 0 aromatic heterocycles. The van der Waals surface area contributed by atoms with E-state index in [9.17, 15) is 9.90 Å². The maximum absolute atomic E-state index is 12.1. The normalized spacial score (nSPS) is 15.0. The fraction of sp³-hybridized carbons (Fsp3) is 0.667. The first-order chi connectivity index (χ1) is 13.4. The maximum atomic E-state index is 12.1. The first kappa shape index (κ1) is 23.8. The molecule has 0 radical (unpaired) electrons. The van der Waals surface area contributed by atoms with Crippen molar-refractivity contribution >= 4 is 5.91 Å². The van der Waals surface area contributed by atoms with Crippen LogP contribution in [0.2, 0.25) is 0 Å². The number of aliphatic hydroxyl groups is 1. The third kappa shape index (κ3) is 8.63. The number of methoxy groups -OCH3 is 1. The number of aliphatic hydroxyl groups excluding tert-OH is 1. The zero-order valence-electron chi connectivity index (χ0n) is 17.5. The van der Waals surface area contributed by atoms with Gasteiger partial charge >= 0.3 is 0 Å². The fourth-order valence-corrected chi connectivity index (χ4v) is 3.20. The Labute approximate surface area is 168 Å². The van der Waals surface area contributed by atoms with Gasteiger partial charge in [0.2, 0.25) is 5.91 Å². The molecule has 1 rings (SSSR count). The summed E-state index contributed by atoms with van der Waals surface area (Å²) in [5.41, 5.74) is 10.0. The molecule has 4 atom stereocenters. The van der Waals surface area contributed by atoms with Crippen molar-refractivity contribution in [3.8, 4) is 5.75 Å². The molecule has 7 heteroatoms. The number of hydrogen-bond donors (Lipinski definition) is 2. The monoisotopic (exact) mass is 390 g/mol. The zero-order chi connectivity index (χ0) is 20.9. The van der Waals surface area contributed by atoms with Crippen LogP contribution < -0.4 is 10.1 Å². The molecule has 28 heavy (non-hydrogen) atoms. The summed E-state index contributed by atoms with van der Waals surface area (Å²) < 4.78 is 5.17. The second-order valence-electron chi connectivity index (χ2n) is 7.51. The van der Waals surface area contributed by atoms with Crippen molar-refractivity contribution in [3.05, 3.63) is 40.3 Å². The highest BCUT2D eigenvalue weighted by Gasteiger charge is 2.25. The smallest absolute Gasteiger partial charge is 0.222 e. The average molecular weight is 391 g/mol. The van der Waals surface area contributed by atoms with Gasteiger partial charge in [0.1, 0.15) is 5.75 Å². The van der Waals surface area contributed by atoms with Crippen LogP contribution in [-0.4, -0.2) is 36.8 Å². The summed E-state index contributed by atoms with van der Waals surface area (Å²) in [6.45, 7) is 6.57. The quantitative estimate of drug-likeness (QED) is 0.227. The van der Waals surface area contributed by atoms with Gasteiger partial charge in [0, 0.05) is 17.4 Å². The molecule has 1 aromatic carbocycles. The first-order valence-corrected chi connectivity index (χ1v) is 10.0. The number of nitrogens with one attached hydrogen (secondary N) is 1. The molecular formula is C21H34N4O3. The summed E-state index contributed by atoms with van der Waals surface area (Å²) in [7, 11) is 1.63. The Kier molecular flexibility index (Phi) is 11.1. The second-order valence-corrected chi connectivity index (χ2v) is 7.51. The van der Waals surface area contributed by atoms with E-state index in [-0.39, 0.29) is 24.2 Å². The van der Waals surface area contributed by atoms with Gasteiger partial charge in [-0.2, -0.15) is 0 Å². The van der Waals surface area contributed by atoms with Crippen LogP contribution in [0, 0.1) is 11.8 Å². The minimum Gasteiger partial charge on any atom is -0.497 e. The minimum atomic E-state index is -0.846. The zero-order valence-corrected chi connectivity index (χ0v) is 17.5. The van der Waals surface area contributed by atoms with E-state index in [1.54, 1.807) is 14.0 Å². The third-order valence-electron chi connectivity index (χ3n) is 4.90. The van der Waals surface area contributed by atoms with Crippen LogP contribution >= 0.6 is 0 Å². The molecule has 156 valence electrons. The van der Waals surface area contributed by atoms with Crippen LogP contribution in [0.15, 0.2) is 29.4 Å². The Morgan fingerprint density at radius 3 is 2.54 bits per heavy atom. The van der Waals surface area contributed by atoms with E-state index in [0.717, 1.165) is 30.6 Å². The Morgan fingerprint density at radius 2 is 1.96 bits per heavy atom. The van der Waals surface area contributed by atoms with Crippen molar-refractivity contribution in [3.63, 3.8) is 0 Å². The standard InChI is InChI=1S/C21H34N4O3/c1-5-6-11-23-21(27)16(3)14-20(26)19(24-25-22)13-15(2)12-17-7-9-18(28-4)10-8-17/h7-10,15-16,19-20,26H,5-6,11-14H2,1-4H3,(H,23,27)/t15-,16+,19-,20-/m0/s1. The molecule has 0 bridgehead atoms. The average Bonchev–Trinajstić information content (AvgIpc) is 2.68. The number of hydrogen-bond acceptors (Lipinski definition) is 4. The van der Waals surface area contributed by atoms with Crippen molar-refractivity contribution < 1.29 is 14.6 Å². The van der Waals surface area contributed by atoms with Crippen molar-refractivity contribution in [2.45, 2.75) is 65.0 Å². The lowest BCUT2D eigenvalue weighted by Gasteiger charge is -2.24. The number of carbonyl (C=O) groups excluding carboxylic acids is 1. The highest BCUT2D eigenvalue weighted by atomic mass is 16.5. The maximum Gasteiger partial charge on any atom is 0.222 e. The van der Waals surface area contributed by atoms with Crippen LogP contribution in [0.25, 0.3) is 10.4 Å². The van der Waals surface area contributed by atoms with Crippen molar-refractivity contribution in [1.82, 2.24) is 5.32 Å². The molecule has 0 unspecified atom stereocenters. The van der Waals surface area contributed by atoms with Gasteiger partial charge < -0.3 is 15.2 Å². The number of benzene rings is 1. The van der Waals surface area contributed by atoms with E-state index < -0.39 is 12.1 Å². The van der Waals surface area contributed by atoms with Gasteiger partial charge in [-0.3, -0.25) is 4.79 Å². The van der Waals surface area contributed by atoms with E-state index in [0.29, 0.717) is 13.0 Å². The van der Waals surface area contributed by atoms with E-state index in [1.807, 2.05) is 24.3 Å². The molecule has 0 aliphatic rings. The number of rotatable bonds is 13. The molecule has 0 spiro atoms. The predicted molar refractivity (Wildman–Crippen MR) is 111 cm³/mol. The molecule has 1 amide bonds. The summed E-state index contributed by atoms with van der Waals surface area (Å²) in [4.78, 5) is 15.0. The van der Waals surface area contributed by atoms with Crippen LogP contribution in [0.1, 0.15) is 52.0 Å². The molecule has 0 heterocycles. The van der Waals surface area contributed by atoms with Crippen molar-refractivity contribution in [1.29, 1.82) is 0 Å². The highest BCUT2D eigenvalue weighted by molar-refractivity contribution is 5.78. The van der Waals surface area contributed by atoms with Crippen LogP contribution in [0.3, 0.4) is 0 Å². The summed E-state index contributed by atoms with van der Waals surface area (Å²) >= 11 is 0. The predicted octanol–water partition coefficient (Wildman–Crippen LogP) is 4.25. The topological polar surface area (TPSA) is 107 Å². The Hall–Kier alpha value is -2.24. The van der Waals surface area contributed by atoms with Gasteiger partial charge in [0.15, 0.2) is 0 Å². The number of azide groups is 1. The molecule has 0 fully saturated rings. The van der Waals surface area contributed by atoms with Crippen molar-refractivity contribution in [2.24, 2.45) is 17.0 Å². The SMILES string of the molecule is CCCCNC(=O)[C@H](C)C[C@H](O)[C@H](C[C@@H](C)Cc1ccc(OC)cc1)N=[N+]=[N-]. The summed E-state index contributed by atoms with van der Waals surface area (Å²) in [6.07, 6.45) is 2.74. The molecule has 7 nitrogen and oxygen atoms in total. The van der Waals surface area contributed by atoms with Gasteiger partial charge in [0.25, 0.3) is 0 Å². The fourth-order valence-electron chi connectivity index (χ4n) is 3.20. The van der Waals surface area contributed by atoms with Gasteiger partial charge in [-0.25, -0.2) is 0 Å². The molecule has 0 aliphatic heterocycles. The minimum absolute atomic E-state index is 0.0709. The van der Waals surface area contributed by atoms with Gasteiger partial charge in [-0.1, -0.05) is 44.4 Å². The largest absolute Gasteiger partial charge is 0.497 e. The Bertz CT molecular complexity index is 629. The van der Waals surface area contributed by atoms with E-state index in [2.05, 4.69) is 29.2 Å². The molecular weight excluding hydrogens is 356 g/mol. The molecule has 1 aromatic rings. The number of nitrogens with zero attached hydrogens (tertiary/aromatic N) is 3. The Morgan fingerprint density at radius 1 is 1.29 bits per heavy atom. The van der Waals surface area contributed by atoms with Gasteiger partial charge in [-0.05, 0) is 54.8 Å². The van der Waals surface area contributed by atoms with E-state index in [4.69, 9.17) is 10.3 Å². The van der Waals surface area contributed by atoms with Crippen molar-refractivity contribution in [2.75, 3.05) is 13.7 Å².